The molecule has 0 saturated carbocycles. The number of hydrogen-bond donors (Lipinski definition) is 1. The van der Waals surface area contributed by atoms with Gasteiger partial charge in [0.25, 0.3) is 0 Å². The molecule has 1 fully saturated rings. The van der Waals surface area contributed by atoms with Gasteiger partial charge in [-0.25, -0.2) is 4.98 Å². The fourth-order valence-electron chi connectivity index (χ4n) is 2.74. The van der Waals surface area contributed by atoms with Crippen molar-refractivity contribution in [2.24, 2.45) is 5.92 Å². The summed E-state index contributed by atoms with van der Waals surface area (Å²) in [6.07, 6.45) is 4.70. The van der Waals surface area contributed by atoms with Gasteiger partial charge in [0.05, 0.1) is 5.69 Å². The van der Waals surface area contributed by atoms with E-state index >= 15 is 0 Å². The summed E-state index contributed by atoms with van der Waals surface area (Å²) in [5, 5.41) is 3.29. The molecule has 1 aliphatic rings. The van der Waals surface area contributed by atoms with Crippen molar-refractivity contribution in [3.05, 3.63) is 11.9 Å². The standard InChI is InChI=1S/C14H26N4/c1-11(2)18-10-12(3)16-14(18)17-7-5-13(6-8-17)9-15-4/h10-11,13,15H,5-9H2,1-4H3. The summed E-state index contributed by atoms with van der Waals surface area (Å²) in [5.41, 5.74) is 1.12. The molecule has 4 heteroatoms. The lowest BCUT2D eigenvalue weighted by Gasteiger charge is -2.33. The van der Waals surface area contributed by atoms with Crippen LogP contribution >= 0.6 is 0 Å². The number of anilines is 1. The Bertz CT molecular complexity index is 375. The minimum absolute atomic E-state index is 0.483. The van der Waals surface area contributed by atoms with Crippen LogP contribution in [0, 0.1) is 12.8 Å². The van der Waals surface area contributed by atoms with E-state index in [1.54, 1.807) is 0 Å². The second kappa shape index (κ2) is 5.74. The predicted octanol–water partition coefficient (Wildman–Crippen LogP) is 2.21. The number of nitrogens with one attached hydrogen (secondary N) is 1. The minimum atomic E-state index is 0.483. The molecule has 1 aromatic rings. The first-order valence-corrected chi connectivity index (χ1v) is 7.06. The van der Waals surface area contributed by atoms with Crippen molar-refractivity contribution in [3.8, 4) is 0 Å². The van der Waals surface area contributed by atoms with Gasteiger partial charge in [-0.3, -0.25) is 0 Å². The van der Waals surface area contributed by atoms with E-state index in [9.17, 15) is 0 Å². The van der Waals surface area contributed by atoms with E-state index in [1.165, 1.54) is 12.8 Å². The van der Waals surface area contributed by atoms with Gasteiger partial charge < -0.3 is 14.8 Å². The lowest BCUT2D eigenvalue weighted by atomic mass is 9.97. The van der Waals surface area contributed by atoms with Gasteiger partial charge in [-0.15, -0.1) is 0 Å². The third kappa shape index (κ3) is 2.86. The molecule has 0 amide bonds. The van der Waals surface area contributed by atoms with Gasteiger partial charge in [-0.05, 0) is 53.1 Å². The van der Waals surface area contributed by atoms with Crippen LogP contribution in [0.4, 0.5) is 5.95 Å². The van der Waals surface area contributed by atoms with Crippen LogP contribution in [-0.4, -0.2) is 36.2 Å². The summed E-state index contributed by atoms with van der Waals surface area (Å²) in [5.74, 6) is 1.99. The van der Waals surface area contributed by atoms with Gasteiger partial charge in [0.1, 0.15) is 0 Å². The van der Waals surface area contributed by atoms with Crippen molar-refractivity contribution in [1.29, 1.82) is 0 Å². The Hall–Kier alpha value is -1.03. The molecule has 0 aliphatic carbocycles. The van der Waals surface area contributed by atoms with Gasteiger partial charge in [0.15, 0.2) is 0 Å². The highest BCUT2D eigenvalue weighted by atomic mass is 15.3. The second-order valence-electron chi connectivity index (χ2n) is 5.67. The normalized spacial score (nSPS) is 17.7. The highest BCUT2D eigenvalue weighted by Gasteiger charge is 2.22. The maximum absolute atomic E-state index is 4.70. The smallest absolute Gasteiger partial charge is 0.205 e. The Kier molecular flexibility index (Phi) is 4.27. The molecule has 0 unspecified atom stereocenters. The van der Waals surface area contributed by atoms with Gasteiger partial charge in [-0.1, -0.05) is 0 Å². The second-order valence-corrected chi connectivity index (χ2v) is 5.67. The largest absolute Gasteiger partial charge is 0.342 e. The first-order valence-electron chi connectivity index (χ1n) is 7.06. The van der Waals surface area contributed by atoms with Crippen LogP contribution in [0.25, 0.3) is 0 Å². The third-order valence-corrected chi connectivity index (χ3v) is 3.78. The van der Waals surface area contributed by atoms with Crippen molar-refractivity contribution >= 4 is 5.95 Å². The molecule has 2 rings (SSSR count). The molecule has 1 N–H and O–H groups in total. The lowest BCUT2D eigenvalue weighted by molar-refractivity contribution is 0.387. The van der Waals surface area contributed by atoms with Crippen LogP contribution in [0.3, 0.4) is 0 Å². The minimum Gasteiger partial charge on any atom is -0.342 e. The summed E-state index contributed by atoms with van der Waals surface area (Å²) in [6.45, 7) is 9.93. The van der Waals surface area contributed by atoms with E-state index in [4.69, 9.17) is 4.98 Å². The number of aromatic nitrogens is 2. The van der Waals surface area contributed by atoms with E-state index in [1.807, 2.05) is 7.05 Å². The van der Waals surface area contributed by atoms with Crippen molar-refractivity contribution in [2.75, 3.05) is 31.6 Å². The van der Waals surface area contributed by atoms with Crippen LogP contribution < -0.4 is 10.2 Å². The predicted molar refractivity (Wildman–Crippen MR) is 76.2 cm³/mol. The molecular weight excluding hydrogens is 224 g/mol. The number of aryl methyl sites for hydroxylation is 1. The summed E-state index contributed by atoms with van der Waals surface area (Å²) >= 11 is 0. The molecule has 0 bridgehead atoms. The number of nitrogens with zero attached hydrogens (tertiary/aromatic N) is 3. The number of imidazole rings is 1. The molecular formula is C14H26N4. The van der Waals surface area contributed by atoms with E-state index in [-0.39, 0.29) is 0 Å². The zero-order chi connectivity index (χ0) is 13.1. The zero-order valence-corrected chi connectivity index (χ0v) is 12.1. The first-order chi connectivity index (χ1) is 8.61. The number of rotatable bonds is 4. The molecule has 0 aromatic carbocycles. The topological polar surface area (TPSA) is 33.1 Å². The number of piperidine rings is 1. The molecule has 1 aliphatic heterocycles. The molecule has 0 radical (unpaired) electrons. The Morgan fingerprint density at radius 1 is 1.39 bits per heavy atom. The monoisotopic (exact) mass is 250 g/mol. The number of hydrogen-bond acceptors (Lipinski definition) is 3. The summed E-state index contributed by atoms with van der Waals surface area (Å²) in [6, 6.07) is 0.483. The average Bonchev–Trinajstić information content (AvgIpc) is 2.73. The SMILES string of the molecule is CNCC1CCN(c2nc(C)cn2C(C)C)CC1. The van der Waals surface area contributed by atoms with E-state index in [0.717, 1.165) is 37.2 Å². The van der Waals surface area contributed by atoms with Crippen LogP contribution in [-0.2, 0) is 0 Å². The van der Waals surface area contributed by atoms with Crippen molar-refractivity contribution in [3.63, 3.8) is 0 Å². The zero-order valence-electron chi connectivity index (χ0n) is 12.1. The fourth-order valence-corrected chi connectivity index (χ4v) is 2.74. The Morgan fingerprint density at radius 2 is 2.06 bits per heavy atom. The van der Waals surface area contributed by atoms with Crippen molar-refractivity contribution < 1.29 is 0 Å². The van der Waals surface area contributed by atoms with Crippen LogP contribution in [0.1, 0.15) is 38.4 Å². The molecule has 4 nitrogen and oxygen atoms in total. The van der Waals surface area contributed by atoms with Crippen molar-refractivity contribution in [1.82, 2.24) is 14.9 Å². The van der Waals surface area contributed by atoms with Crippen LogP contribution in [0.2, 0.25) is 0 Å². The third-order valence-electron chi connectivity index (χ3n) is 3.78. The maximum Gasteiger partial charge on any atom is 0.205 e. The molecule has 1 saturated heterocycles. The first kappa shape index (κ1) is 13.4. The molecule has 1 aromatic heterocycles. The summed E-state index contributed by atoms with van der Waals surface area (Å²) in [4.78, 5) is 7.14. The van der Waals surface area contributed by atoms with E-state index < -0.39 is 0 Å². The van der Waals surface area contributed by atoms with Crippen molar-refractivity contribution in [2.45, 2.75) is 39.7 Å². The van der Waals surface area contributed by atoms with E-state index in [2.05, 4.69) is 41.8 Å². The molecule has 18 heavy (non-hydrogen) atoms. The Balaban J connectivity index is 2.05. The Labute approximate surface area is 110 Å². The van der Waals surface area contributed by atoms with Gasteiger partial charge in [0.2, 0.25) is 5.95 Å². The van der Waals surface area contributed by atoms with Gasteiger partial charge >= 0.3 is 0 Å². The van der Waals surface area contributed by atoms with Crippen LogP contribution in [0.15, 0.2) is 6.20 Å². The highest BCUT2D eigenvalue weighted by Crippen LogP contribution is 2.24. The molecule has 0 atom stereocenters. The van der Waals surface area contributed by atoms with Crippen LogP contribution in [0.5, 0.6) is 0 Å². The van der Waals surface area contributed by atoms with Gasteiger partial charge in [-0.2, -0.15) is 0 Å². The molecule has 102 valence electrons. The molecule has 2 heterocycles. The molecule has 0 spiro atoms. The summed E-state index contributed by atoms with van der Waals surface area (Å²) in [7, 11) is 2.04. The summed E-state index contributed by atoms with van der Waals surface area (Å²) < 4.78 is 2.30. The fraction of sp³-hybridized carbons (Fsp3) is 0.786. The Morgan fingerprint density at radius 3 is 2.61 bits per heavy atom. The van der Waals surface area contributed by atoms with E-state index in [0.29, 0.717) is 6.04 Å². The highest BCUT2D eigenvalue weighted by molar-refractivity contribution is 5.34. The average molecular weight is 250 g/mol. The lowest BCUT2D eigenvalue weighted by Crippen LogP contribution is -2.38. The maximum atomic E-state index is 4.70. The van der Waals surface area contributed by atoms with Gasteiger partial charge in [0, 0.05) is 25.3 Å². The quantitative estimate of drug-likeness (QED) is 0.889.